The van der Waals surface area contributed by atoms with Crippen LogP contribution in [0.1, 0.15) is 71.4 Å². The summed E-state index contributed by atoms with van der Waals surface area (Å²) in [5.74, 6) is -4.65. The zero-order chi connectivity index (χ0) is 27.8. The summed E-state index contributed by atoms with van der Waals surface area (Å²) < 4.78 is 71.5. The van der Waals surface area contributed by atoms with Gasteiger partial charge in [-0.2, -0.15) is 0 Å². The Morgan fingerprint density at radius 3 is 1.47 bits per heavy atom. The second-order valence-corrected chi connectivity index (χ2v) is 11.7. The third kappa shape index (κ3) is 8.80. The van der Waals surface area contributed by atoms with Crippen LogP contribution >= 0.6 is 10.7 Å². The highest BCUT2D eigenvalue weighted by atomic mass is 35.7. The monoisotopic (exact) mass is 569 g/mol. The van der Waals surface area contributed by atoms with Crippen molar-refractivity contribution in [2.45, 2.75) is 62.2 Å². The van der Waals surface area contributed by atoms with Crippen LogP contribution in [0.5, 0.6) is 0 Å². The summed E-state index contributed by atoms with van der Waals surface area (Å²) in [6.07, 6.45) is 3.76. The Bertz CT molecular complexity index is 1240. The number of carboxylic acid groups (broad SMARTS) is 2. The minimum Gasteiger partial charge on any atom is -0.478 e. The van der Waals surface area contributed by atoms with Crippen LogP contribution in [-0.2, 0) is 31.9 Å². The van der Waals surface area contributed by atoms with Crippen molar-refractivity contribution in [1.29, 1.82) is 0 Å². The molecule has 14 heteroatoms. The van der Waals surface area contributed by atoms with E-state index in [4.69, 9.17) is 26.0 Å². The van der Waals surface area contributed by atoms with E-state index < -0.39 is 52.4 Å². The summed E-state index contributed by atoms with van der Waals surface area (Å²) in [5, 5.41) is 22.8. The lowest BCUT2D eigenvalue weighted by Gasteiger charge is -2.08. The van der Waals surface area contributed by atoms with E-state index >= 15 is 0 Å². The van der Waals surface area contributed by atoms with Crippen LogP contribution < -0.4 is 5.14 Å². The van der Waals surface area contributed by atoms with Crippen molar-refractivity contribution >= 4 is 41.7 Å². The third-order valence-corrected chi connectivity index (χ3v) is 7.21. The molecule has 0 heterocycles. The van der Waals surface area contributed by atoms with Crippen LogP contribution in [0.25, 0.3) is 0 Å². The average Bonchev–Trinajstić information content (AvgIpc) is 2.74. The van der Waals surface area contributed by atoms with E-state index in [1.54, 1.807) is 0 Å². The number of carbonyl (C=O) groups is 2. The molecule has 0 radical (unpaired) electrons. The first kappa shape index (κ1) is 31.4. The molecule has 0 spiro atoms. The number of aromatic carboxylic acids is 2. The number of rotatable bonds is 10. The summed E-state index contributed by atoms with van der Waals surface area (Å²) in [6, 6.07) is 3.40. The molecule has 0 saturated carbocycles. The zero-order valence-electron chi connectivity index (χ0n) is 19.4. The smallest absolute Gasteiger partial charge is 0.336 e. The summed E-state index contributed by atoms with van der Waals surface area (Å²) in [5.41, 5.74) is 0.0816. The number of sulfonamides is 1. The second kappa shape index (κ2) is 13.1. The Balaban J connectivity index is 0.000000360. The van der Waals surface area contributed by atoms with Gasteiger partial charge in [0.05, 0.1) is 11.1 Å². The largest absolute Gasteiger partial charge is 0.478 e. The number of halogens is 3. The SMILES string of the molecule is CCCCc1cc(F)c(S(=O)(=O)Cl)cc1C(=O)O.CCCCc1cc(F)c(S(N)(=O)=O)cc1C(=O)O. The van der Waals surface area contributed by atoms with Gasteiger partial charge in [-0.05, 0) is 61.1 Å². The minimum absolute atomic E-state index is 0.228. The molecule has 4 N–H and O–H groups in total. The molecule has 0 fully saturated rings. The molecular formula is C22H26ClF2NO8S2. The Morgan fingerprint density at radius 2 is 1.17 bits per heavy atom. The number of primary sulfonamides is 1. The molecule has 2 rings (SSSR count). The molecule has 200 valence electrons. The van der Waals surface area contributed by atoms with Crippen LogP contribution in [-0.4, -0.2) is 39.0 Å². The van der Waals surface area contributed by atoms with Gasteiger partial charge in [0, 0.05) is 10.7 Å². The predicted molar refractivity (Wildman–Crippen MR) is 128 cm³/mol. The summed E-state index contributed by atoms with van der Waals surface area (Å²) >= 11 is 0. The number of benzene rings is 2. The molecule has 0 bridgehead atoms. The van der Waals surface area contributed by atoms with E-state index in [0.717, 1.165) is 37.1 Å². The van der Waals surface area contributed by atoms with E-state index in [0.29, 0.717) is 25.7 Å². The number of unbranched alkanes of at least 4 members (excludes halogenated alkanes) is 2. The Hall–Kier alpha value is -2.61. The highest BCUT2D eigenvalue weighted by Gasteiger charge is 2.22. The Kier molecular flexibility index (Phi) is 11.4. The van der Waals surface area contributed by atoms with E-state index in [1.807, 2.05) is 13.8 Å². The van der Waals surface area contributed by atoms with Crippen LogP contribution in [0.3, 0.4) is 0 Å². The first-order valence-corrected chi connectivity index (χ1v) is 14.5. The first-order valence-electron chi connectivity index (χ1n) is 10.6. The molecule has 0 amide bonds. The van der Waals surface area contributed by atoms with Gasteiger partial charge in [0.1, 0.15) is 21.4 Å². The molecule has 0 aliphatic rings. The van der Waals surface area contributed by atoms with E-state index in [-0.39, 0.29) is 22.3 Å². The van der Waals surface area contributed by atoms with Gasteiger partial charge in [0.2, 0.25) is 10.0 Å². The normalized spacial score (nSPS) is 11.5. The summed E-state index contributed by atoms with van der Waals surface area (Å²) in [6.45, 7) is 3.82. The Labute approximate surface area is 212 Å². The zero-order valence-corrected chi connectivity index (χ0v) is 21.8. The molecular weight excluding hydrogens is 544 g/mol. The van der Waals surface area contributed by atoms with Crippen LogP contribution in [0, 0.1) is 11.6 Å². The van der Waals surface area contributed by atoms with Crippen molar-refractivity contribution in [1.82, 2.24) is 0 Å². The first-order chi connectivity index (χ1) is 16.5. The standard InChI is InChI=1S/C11H12ClFO4S.C11H14FNO4S/c1-2-3-4-7-5-9(13)10(18(12,16)17)6-8(7)11(14)15;1-2-3-4-7-5-9(12)10(18(13,16)17)6-8(7)11(14)15/h5-6H,2-4H2,1H3,(H,14,15);5-6H,2-4H2,1H3,(H,14,15)(H2,13,16,17). The van der Waals surface area contributed by atoms with Crippen molar-refractivity contribution in [2.24, 2.45) is 5.14 Å². The fourth-order valence-electron chi connectivity index (χ4n) is 3.14. The molecule has 0 aromatic heterocycles. The lowest BCUT2D eigenvalue weighted by molar-refractivity contribution is 0.0684. The van der Waals surface area contributed by atoms with Gasteiger partial charge in [0.25, 0.3) is 9.05 Å². The highest BCUT2D eigenvalue weighted by Crippen LogP contribution is 2.25. The lowest BCUT2D eigenvalue weighted by Crippen LogP contribution is -2.16. The highest BCUT2D eigenvalue weighted by molar-refractivity contribution is 8.13. The summed E-state index contributed by atoms with van der Waals surface area (Å²) in [7, 11) is -3.52. The fraction of sp³-hybridized carbons (Fsp3) is 0.364. The fourth-order valence-corrected chi connectivity index (χ4v) is 4.66. The van der Waals surface area contributed by atoms with Gasteiger partial charge in [-0.1, -0.05) is 26.7 Å². The van der Waals surface area contributed by atoms with Gasteiger partial charge in [-0.25, -0.2) is 40.3 Å². The number of hydrogen-bond acceptors (Lipinski definition) is 6. The molecule has 0 atom stereocenters. The Morgan fingerprint density at radius 1 is 0.806 bits per heavy atom. The lowest BCUT2D eigenvalue weighted by atomic mass is 10.0. The topological polar surface area (TPSA) is 169 Å². The molecule has 0 saturated heterocycles. The predicted octanol–water partition coefficient (Wildman–Crippen LogP) is 4.31. The van der Waals surface area contributed by atoms with Gasteiger partial charge in [-0.15, -0.1) is 0 Å². The maximum absolute atomic E-state index is 13.6. The van der Waals surface area contributed by atoms with Gasteiger partial charge in [-0.3, -0.25) is 0 Å². The number of hydrogen-bond donors (Lipinski definition) is 3. The van der Waals surface area contributed by atoms with Gasteiger partial charge in [0.15, 0.2) is 0 Å². The van der Waals surface area contributed by atoms with Gasteiger partial charge < -0.3 is 10.2 Å². The molecule has 2 aromatic rings. The summed E-state index contributed by atoms with van der Waals surface area (Å²) in [4.78, 5) is 20.4. The van der Waals surface area contributed by atoms with Gasteiger partial charge >= 0.3 is 11.9 Å². The quantitative estimate of drug-likeness (QED) is 0.355. The van der Waals surface area contributed by atoms with Crippen LogP contribution in [0.2, 0.25) is 0 Å². The second-order valence-electron chi connectivity index (χ2n) is 7.68. The van der Waals surface area contributed by atoms with Crippen molar-refractivity contribution in [3.8, 4) is 0 Å². The number of aryl methyl sites for hydroxylation is 2. The van der Waals surface area contributed by atoms with Crippen LogP contribution in [0.15, 0.2) is 34.1 Å². The molecule has 0 aliphatic carbocycles. The average molecular weight is 570 g/mol. The van der Waals surface area contributed by atoms with Crippen molar-refractivity contribution in [3.63, 3.8) is 0 Å². The van der Waals surface area contributed by atoms with E-state index in [9.17, 15) is 35.2 Å². The van der Waals surface area contributed by atoms with E-state index in [2.05, 4.69) is 0 Å². The minimum atomic E-state index is -4.29. The maximum atomic E-state index is 13.6. The van der Waals surface area contributed by atoms with Crippen molar-refractivity contribution in [3.05, 3.63) is 58.2 Å². The molecule has 36 heavy (non-hydrogen) atoms. The third-order valence-electron chi connectivity index (χ3n) is 4.94. The molecule has 9 nitrogen and oxygen atoms in total. The van der Waals surface area contributed by atoms with Crippen molar-refractivity contribution in [2.75, 3.05) is 0 Å². The maximum Gasteiger partial charge on any atom is 0.336 e. The molecule has 0 unspecified atom stereocenters. The number of nitrogens with two attached hydrogens (primary N) is 1. The van der Waals surface area contributed by atoms with Crippen LogP contribution in [0.4, 0.5) is 8.78 Å². The number of carboxylic acids is 2. The molecule has 0 aliphatic heterocycles. The van der Waals surface area contributed by atoms with Crippen molar-refractivity contribution < 1.29 is 45.4 Å². The van der Waals surface area contributed by atoms with E-state index in [1.165, 1.54) is 0 Å². The molecule has 2 aromatic carbocycles.